The number of nitrogens with two attached hydrogens (primary N) is 1. The normalized spacial score (nSPS) is 9.77. The molecule has 0 atom stereocenters. The van der Waals surface area contributed by atoms with Crippen molar-refractivity contribution in [2.45, 2.75) is 13.8 Å². The molecule has 0 saturated heterocycles. The van der Waals surface area contributed by atoms with Gasteiger partial charge in [-0.3, -0.25) is 0 Å². The second-order valence-electron chi connectivity index (χ2n) is 2.80. The second-order valence-corrected chi connectivity index (χ2v) is 2.80. The average Bonchev–Trinajstić information content (AvgIpc) is 2.10. The molecule has 70 valence electrons. The first-order valence-electron chi connectivity index (χ1n) is 3.88. The zero-order chi connectivity index (χ0) is 10.0. The standard InChI is InChI=1S/C9H12N2O2/c1-5-6(2)11-8(10)4-7(5)9(12)13-3/h4H,1-3H3,(H2,10,11). The number of nitrogen functional groups attached to an aromatic ring is 1. The van der Waals surface area contributed by atoms with Crippen LogP contribution in [0, 0.1) is 13.8 Å². The number of nitrogens with zero attached hydrogens (tertiary/aromatic N) is 1. The van der Waals surface area contributed by atoms with Crippen LogP contribution in [-0.4, -0.2) is 18.1 Å². The summed E-state index contributed by atoms with van der Waals surface area (Å²) in [4.78, 5) is 15.3. The number of hydrogen-bond donors (Lipinski definition) is 1. The van der Waals surface area contributed by atoms with Gasteiger partial charge in [-0.1, -0.05) is 0 Å². The van der Waals surface area contributed by atoms with Crippen LogP contribution in [0.3, 0.4) is 0 Å². The van der Waals surface area contributed by atoms with Crippen LogP contribution in [0.2, 0.25) is 0 Å². The molecule has 0 spiro atoms. The van der Waals surface area contributed by atoms with Crippen molar-refractivity contribution in [1.82, 2.24) is 4.98 Å². The summed E-state index contributed by atoms with van der Waals surface area (Å²) in [7, 11) is 1.34. The lowest BCUT2D eigenvalue weighted by molar-refractivity contribution is 0.0599. The molecule has 0 radical (unpaired) electrons. The average molecular weight is 180 g/mol. The van der Waals surface area contributed by atoms with Crippen LogP contribution in [-0.2, 0) is 4.74 Å². The molecular formula is C9H12N2O2. The number of ether oxygens (including phenoxy) is 1. The number of rotatable bonds is 1. The summed E-state index contributed by atoms with van der Waals surface area (Å²) in [6.07, 6.45) is 0. The maximum atomic E-state index is 11.2. The molecule has 0 aliphatic heterocycles. The summed E-state index contributed by atoms with van der Waals surface area (Å²) in [6.45, 7) is 3.62. The molecule has 0 saturated carbocycles. The lowest BCUT2D eigenvalue weighted by atomic mass is 10.1. The van der Waals surface area contributed by atoms with Crippen LogP contribution in [0.5, 0.6) is 0 Å². The van der Waals surface area contributed by atoms with Gasteiger partial charge in [0.1, 0.15) is 5.82 Å². The molecule has 0 aromatic carbocycles. The number of hydrogen-bond acceptors (Lipinski definition) is 4. The minimum atomic E-state index is -0.380. The Morgan fingerprint density at radius 1 is 1.54 bits per heavy atom. The summed E-state index contributed by atoms with van der Waals surface area (Å²) in [6, 6.07) is 1.52. The minimum Gasteiger partial charge on any atom is -0.465 e. The summed E-state index contributed by atoms with van der Waals surface area (Å²) in [5.74, 6) is -0.0433. The van der Waals surface area contributed by atoms with Gasteiger partial charge in [0.25, 0.3) is 0 Å². The number of carbonyl (C=O) groups is 1. The highest BCUT2D eigenvalue weighted by atomic mass is 16.5. The summed E-state index contributed by atoms with van der Waals surface area (Å²) >= 11 is 0. The largest absolute Gasteiger partial charge is 0.465 e. The van der Waals surface area contributed by atoms with Crippen LogP contribution < -0.4 is 5.73 Å². The SMILES string of the molecule is COC(=O)c1cc(N)nc(C)c1C. The van der Waals surface area contributed by atoms with Gasteiger partial charge in [-0.2, -0.15) is 0 Å². The van der Waals surface area contributed by atoms with Crippen LogP contribution in [0.25, 0.3) is 0 Å². The van der Waals surface area contributed by atoms with E-state index in [2.05, 4.69) is 9.72 Å². The van der Waals surface area contributed by atoms with Crippen LogP contribution in [0.1, 0.15) is 21.6 Å². The maximum Gasteiger partial charge on any atom is 0.338 e. The van der Waals surface area contributed by atoms with Crippen LogP contribution in [0.4, 0.5) is 5.82 Å². The van der Waals surface area contributed by atoms with Gasteiger partial charge in [0, 0.05) is 5.69 Å². The van der Waals surface area contributed by atoms with E-state index in [-0.39, 0.29) is 5.97 Å². The molecular weight excluding hydrogens is 168 g/mol. The fourth-order valence-electron chi connectivity index (χ4n) is 1.08. The lowest BCUT2D eigenvalue weighted by Crippen LogP contribution is -2.07. The topological polar surface area (TPSA) is 65.2 Å². The van der Waals surface area contributed by atoms with Crippen molar-refractivity contribution in [2.24, 2.45) is 0 Å². The Bertz CT molecular complexity index is 348. The number of pyridine rings is 1. The number of methoxy groups -OCH3 is 1. The van der Waals surface area contributed by atoms with E-state index in [0.29, 0.717) is 11.4 Å². The minimum absolute atomic E-state index is 0.337. The monoisotopic (exact) mass is 180 g/mol. The van der Waals surface area contributed by atoms with E-state index < -0.39 is 0 Å². The van der Waals surface area contributed by atoms with E-state index in [1.54, 1.807) is 6.92 Å². The highest BCUT2D eigenvalue weighted by Gasteiger charge is 2.12. The zero-order valence-corrected chi connectivity index (χ0v) is 7.92. The molecule has 0 bridgehead atoms. The molecule has 1 rings (SSSR count). The molecule has 4 heteroatoms. The fraction of sp³-hybridized carbons (Fsp3) is 0.333. The first-order valence-corrected chi connectivity index (χ1v) is 3.88. The van der Waals surface area contributed by atoms with Crippen LogP contribution >= 0.6 is 0 Å². The molecule has 0 unspecified atom stereocenters. The molecule has 0 fully saturated rings. The smallest absolute Gasteiger partial charge is 0.338 e. The van der Waals surface area contributed by atoms with Crippen molar-refractivity contribution < 1.29 is 9.53 Å². The number of anilines is 1. The summed E-state index contributed by atoms with van der Waals surface area (Å²) < 4.78 is 4.60. The molecule has 0 aliphatic carbocycles. The highest BCUT2D eigenvalue weighted by Crippen LogP contribution is 2.14. The summed E-state index contributed by atoms with van der Waals surface area (Å²) in [5.41, 5.74) is 7.54. The van der Waals surface area contributed by atoms with Gasteiger partial charge in [-0.25, -0.2) is 9.78 Å². The maximum absolute atomic E-state index is 11.2. The predicted octanol–water partition coefficient (Wildman–Crippen LogP) is 1.07. The molecule has 0 amide bonds. The number of aryl methyl sites for hydroxylation is 1. The highest BCUT2D eigenvalue weighted by molar-refractivity contribution is 5.91. The zero-order valence-electron chi connectivity index (χ0n) is 7.92. The van der Waals surface area contributed by atoms with Gasteiger partial charge in [-0.15, -0.1) is 0 Å². The first-order chi connectivity index (χ1) is 6.06. The van der Waals surface area contributed by atoms with Crippen LogP contribution in [0.15, 0.2) is 6.07 Å². The second kappa shape index (κ2) is 3.43. The Morgan fingerprint density at radius 3 is 2.69 bits per heavy atom. The Morgan fingerprint density at radius 2 is 2.15 bits per heavy atom. The van der Waals surface area contributed by atoms with E-state index in [1.165, 1.54) is 13.2 Å². The van der Waals surface area contributed by atoms with Crippen molar-refractivity contribution >= 4 is 11.8 Å². The van der Waals surface area contributed by atoms with Crippen molar-refractivity contribution in [3.05, 3.63) is 22.9 Å². The summed E-state index contributed by atoms with van der Waals surface area (Å²) in [5, 5.41) is 0. The Balaban J connectivity index is 3.28. The fourth-order valence-corrected chi connectivity index (χ4v) is 1.08. The van der Waals surface area contributed by atoms with E-state index in [4.69, 9.17) is 5.73 Å². The van der Waals surface area contributed by atoms with Crippen molar-refractivity contribution in [3.8, 4) is 0 Å². The lowest BCUT2D eigenvalue weighted by Gasteiger charge is -2.06. The van der Waals surface area contributed by atoms with E-state index in [1.807, 2.05) is 6.92 Å². The van der Waals surface area contributed by atoms with Crippen molar-refractivity contribution in [3.63, 3.8) is 0 Å². The Labute approximate surface area is 76.7 Å². The molecule has 2 N–H and O–H groups in total. The molecule has 1 heterocycles. The van der Waals surface area contributed by atoms with Crippen molar-refractivity contribution in [1.29, 1.82) is 0 Å². The molecule has 1 aromatic rings. The number of esters is 1. The third kappa shape index (κ3) is 1.77. The molecule has 4 nitrogen and oxygen atoms in total. The Hall–Kier alpha value is -1.58. The van der Waals surface area contributed by atoms with E-state index >= 15 is 0 Å². The van der Waals surface area contributed by atoms with Gasteiger partial charge < -0.3 is 10.5 Å². The van der Waals surface area contributed by atoms with Gasteiger partial charge in [0.2, 0.25) is 0 Å². The number of aromatic nitrogens is 1. The Kier molecular flexibility index (Phi) is 2.51. The van der Waals surface area contributed by atoms with Gasteiger partial charge in [0.05, 0.1) is 12.7 Å². The van der Waals surface area contributed by atoms with Crippen molar-refractivity contribution in [2.75, 3.05) is 12.8 Å². The third-order valence-corrected chi connectivity index (χ3v) is 1.94. The van der Waals surface area contributed by atoms with E-state index in [9.17, 15) is 4.79 Å². The van der Waals surface area contributed by atoms with Gasteiger partial charge in [0.15, 0.2) is 0 Å². The number of carbonyl (C=O) groups excluding carboxylic acids is 1. The van der Waals surface area contributed by atoms with Gasteiger partial charge in [-0.05, 0) is 25.5 Å². The molecule has 13 heavy (non-hydrogen) atoms. The van der Waals surface area contributed by atoms with E-state index in [0.717, 1.165) is 11.3 Å². The first kappa shape index (κ1) is 9.51. The predicted molar refractivity (Wildman–Crippen MR) is 49.5 cm³/mol. The van der Waals surface area contributed by atoms with Gasteiger partial charge >= 0.3 is 5.97 Å². The molecule has 1 aromatic heterocycles. The quantitative estimate of drug-likeness (QED) is 0.656. The molecule has 0 aliphatic rings. The third-order valence-electron chi connectivity index (χ3n) is 1.94.